The summed E-state index contributed by atoms with van der Waals surface area (Å²) < 4.78 is 5.85. The number of halogens is 1. The van der Waals surface area contributed by atoms with Crippen molar-refractivity contribution >= 4 is 46.3 Å². The van der Waals surface area contributed by atoms with E-state index in [-0.39, 0.29) is 12.4 Å². The molecule has 1 N–H and O–H groups in total. The molecule has 0 heterocycles. The van der Waals surface area contributed by atoms with Crippen LogP contribution in [0.25, 0.3) is 0 Å². The molecule has 0 saturated heterocycles. The van der Waals surface area contributed by atoms with E-state index in [1.54, 1.807) is 24.8 Å². The van der Waals surface area contributed by atoms with E-state index in [0.717, 1.165) is 18.9 Å². The minimum atomic E-state index is -0.838. The lowest BCUT2D eigenvalue weighted by Crippen LogP contribution is -2.06. The fourth-order valence-electron chi connectivity index (χ4n) is 1.92. The Kier molecular flexibility index (Phi) is 6.47. The maximum Gasteiger partial charge on any atom is 0.339 e. The monoisotopic (exact) mass is 442 g/mol. The van der Waals surface area contributed by atoms with Gasteiger partial charge in [0, 0.05) is 13.4 Å². The van der Waals surface area contributed by atoms with Crippen molar-refractivity contribution in [2.45, 2.75) is 23.1 Å². The molecule has 4 nitrogen and oxygen atoms in total. The lowest BCUT2D eigenvalue weighted by molar-refractivity contribution is -0.136. The SMILES string of the molecule is CCOC(=O)c1ccc(Sc2ccc(CC(=O)O)cc2)cc1I. The van der Waals surface area contributed by atoms with Crippen LogP contribution in [0, 0.1) is 3.57 Å². The number of rotatable bonds is 6. The topological polar surface area (TPSA) is 63.6 Å². The Bertz CT molecular complexity index is 713. The van der Waals surface area contributed by atoms with Crippen LogP contribution < -0.4 is 0 Å². The molecule has 0 aromatic heterocycles. The van der Waals surface area contributed by atoms with E-state index in [9.17, 15) is 9.59 Å². The van der Waals surface area contributed by atoms with Gasteiger partial charge in [-0.25, -0.2) is 4.79 Å². The summed E-state index contributed by atoms with van der Waals surface area (Å²) in [5.41, 5.74) is 1.34. The maximum absolute atomic E-state index is 11.8. The minimum Gasteiger partial charge on any atom is -0.481 e. The molecule has 120 valence electrons. The zero-order valence-electron chi connectivity index (χ0n) is 12.4. The number of esters is 1. The molecular formula is C17H15IO4S. The molecule has 0 unspecified atom stereocenters. The normalized spacial score (nSPS) is 10.3. The van der Waals surface area contributed by atoms with Gasteiger partial charge in [0.2, 0.25) is 0 Å². The fourth-order valence-corrected chi connectivity index (χ4v) is 3.72. The zero-order valence-corrected chi connectivity index (χ0v) is 15.4. The first-order valence-electron chi connectivity index (χ1n) is 6.95. The number of aliphatic carboxylic acids is 1. The van der Waals surface area contributed by atoms with Crippen molar-refractivity contribution in [2.24, 2.45) is 0 Å². The number of carboxylic acid groups (broad SMARTS) is 1. The third-order valence-electron chi connectivity index (χ3n) is 2.95. The summed E-state index contributed by atoms with van der Waals surface area (Å²) in [5, 5.41) is 8.77. The molecule has 0 aliphatic rings. The Morgan fingerprint density at radius 2 is 1.78 bits per heavy atom. The summed E-state index contributed by atoms with van der Waals surface area (Å²) in [7, 11) is 0. The zero-order chi connectivity index (χ0) is 16.8. The van der Waals surface area contributed by atoms with Crippen molar-refractivity contribution in [3.05, 3.63) is 57.2 Å². The van der Waals surface area contributed by atoms with Gasteiger partial charge in [0.25, 0.3) is 0 Å². The van der Waals surface area contributed by atoms with Gasteiger partial charge in [-0.05, 0) is 65.4 Å². The van der Waals surface area contributed by atoms with Crippen LogP contribution in [0.15, 0.2) is 52.3 Å². The van der Waals surface area contributed by atoms with Gasteiger partial charge in [-0.15, -0.1) is 0 Å². The molecule has 0 fully saturated rings. The Morgan fingerprint density at radius 1 is 1.13 bits per heavy atom. The van der Waals surface area contributed by atoms with Crippen LogP contribution in [0.3, 0.4) is 0 Å². The Balaban J connectivity index is 2.10. The summed E-state index contributed by atoms with van der Waals surface area (Å²) in [5.74, 6) is -1.15. The molecule has 23 heavy (non-hydrogen) atoms. The Morgan fingerprint density at radius 3 is 2.35 bits per heavy atom. The second kappa shape index (κ2) is 8.35. The molecule has 6 heteroatoms. The van der Waals surface area contributed by atoms with E-state index in [4.69, 9.17) is 9.84 Å². The second-order valence-electron chi connectivity index (χ2n) is 4.68. The van der Waals surface area contributed by atoms with Crippen LogP contribution in [0.2, 0.25) is 0 Å². The number of carbonyl (C=O) groups excluding carboxylic acids is 1. The third kappa shape index (κ3) is 5.24. The summed E-state index contributed by atoms with van der Waals surface area (Å²) in [4.78, 5) is 24.5. The van der Waals surface area contributed by atoms with Crippen molar-refractivity contribution < 1.29 is 19.4 Å². The van der Waals surface area contributed by atoms with Gasteiger partial charge in [0.15, 0.2) is 0 Å². The third-order valence-corrected chi connectivity index (χ3v) is 4.84. The van der Waals surface area contributed by atoms with Crippen LogP contribution in [0.5, 0.6) is 0 Å². The molecule has 2 aromatic carbocycles. The highest BCUT2D eigenvalue weighted by molar-refractivity contribution is 14.1. The first kappa shape index (κ1) is 17.8. The van der Waals surface area contributed by atoms with E-state index in [1.807, 2.05) is 36.4 Å². The molecule has 0 aliphatic carbocycles. The molecule has 0 amide bonds. The van der Waals surface area contributed by atoms with Gasteiger partial charge in [0.05, 0.1) is 18.6 Å². The van der Waals surface area contributed by atoms with E-state index in [2.05, 4.69) is 22.6 Å². The van der Waals surface area contributed by atoms with Gasteiger partial charge in [0.1, 0.15) is 0 Å². The standard InChI is InChI=1S/C17H15IO4S/c1-2-22-17(21)14-8-7-13(10-15(14)18)23-12-5-3-11(4-6-12)9-16(19)20/h3-8,10H,2,9H2,1H3,(H,19,20). The first-order valence-corrected chi connectivity index (χ1v) is 8.84. The van der Waals surface area contributed by atoms with Crippen molar-refractivity contribution in [1.82, 2.24) is 0 Å². The molecule has 0 spiro atoms. The van der Waals surface area contributed by atoms with E-state index in [0.29, 0.717) is 12.2 Å². The highest BCUT2D eigenvalue weighted by atomic mass is 127. The number of ether oxygens (including phenoxy) is 1. The van der Waals surface area contributed by atoms with E-state index < -0.39 is 5.97 Å². The van der Waals surface area contributed by atoms with Crippen molar-refractivity contribution in [3.63, 3.8) is 0 Å². The molecular weight excluding hydrogens is 427 g/mol. The number of hydrogen-bond acceptors (Lipinski definition) is 4. The van der Waals surface area contributed by atoms with Gasteiger partial charge in [-0.3, -0.25) is 4.79 Å². The van der Waals surface area contributed by atoms with Crippen LogP contribution in [-0.4, -0.2) is 23.7 Å². The number of carboxylic acids is 1. The molecule has 0 radical (unpaired) electrons. The first-order chi connectivity index (χ1) is 11.0. The summed E-state index contributed by atoms with van der Waals surface area (Å²) in [6, 6.07) is 13.0. The maximum atomic E-state index is 11.8. The van der Waals surface area contributed by atoms with Gasteiger partial charge >= 0.3 is 11.9 Å². The molecule has 0 aliphatic heterocycles. The average molecular weight is 442 g/mol. The second-order valence-corrected chi connectivity index (χ2v) is 6.99. The van der Waals surface area contributed by atoms with E-state index >= 15 is 0 Å². The van der Waals surface area contributed by atoms with Crippen molar-refractivity contribution in [3.8, 4) is 0 Å². The Labute approximate surface area is 152 Å². The highest BCUT2D eigenvalue weighted by Crippen LogP contribution is 2.30. The van der Waals surface area contributed by atoms with Crippen LogP contribution >= 0.6 is 34.4 Å². The summed E-state index contributed by atoms with van der Waals surface area (Å²) in [6.45, 7) is 2.14. The largest absolute Gasteiger partial charge is 0.481 e. The predicted octanol–water partition coefficient (Wildman–Crippen LogP) is 4.25. The van der Waals surface area contributed by atoms with Gasteiger partial charge in [-0.1, -0.05) is 23.9 Å². The lowest BCUT2D eigenvalue weighted by Gasteiger charge is -2.07. The number of benzene rings is 2. The van der Waals surface area contributed by atoms with Gasteiger partial charge < -0.3 is 9.84 Å². The van der Waals surface area contributed by atoms with Gasteiger partial charge in [-0.2, -0.15) is 0 Å². The predicted molar refractivity (Wildman–Crippen MR) is 97.0 cm³/mol. The van der Waals surface area contributed by atoms with Crippen LogP contribution in [0.1, 0.15) is 22.8 Å². The quantitative estimate of drug-likeness (QED) is 0.536. The lowest BCUT2D eigenvalue weighted by atomic mass is 10.2. The summed E-state index contributed by atoms with van der Waals surface area (Å²) >= 11 is 3.68. The van der Waals surface area contributed by atoms with E-state index in [1.165, 1.54) is 0 Å². The smallest absolute Gasteiger partial charge is 0.339 e. The van der Waals surface area contributed by atoms with Crippen LogP contribution in [-0.2, 0) is 16.0 Å². The molecule has 0 bridgehead atoms. The van der Waals surface area contributed by atoms with Crippen molar-refractivity contribution in [2.75, 3.05) is 6.61 Å². The molecule has 2 aromatic rings. The summed E-state index contributed by atoms with van der Waals surface area (Å²) in [6.07, 6.45) is 0.0249. The molecule has 0 atom stereocenters. The fraction of sp³-hybridized carbons (Fsp3) is 0.176. The van der Waals surface area contributed by atoms with Crippen LogP contribution in [0.4, 0.5) is 0 Å². The van der Waals surface area contributed by atoms with Crippen molar-refractivity contribution in [1.29, 1.82) is 0 Å². The number of hydrogen-bond donors (Lipinski definition) is 1. The minimum absolute atomic E-state index is 0.0249. The number of carbonyl (C=O) groups is 2. The molecule has 2 rings (SSSR count). The molecule has 0 saturated carbocycles. The average Bonchev–Trinajstić information content (AvgIpc) is 2.49. The highest BCUT2D eigenvalue weighted by Gasteiger charge is 2.11. The Hall–Kier alpha value is -1.54.